The SMILES string of the molecule is CCC1(C)CC(NCCN(C)C)c2ccc3c(c2O1)OCO3. The van der Waals surface area contributed by atoms with Crippen molar-refractivity contribution >= 4 is 0 Å². The third kappa shape index (κ3) is 2.88. The number of nitrogens with one attached hydrogen (secondary N) is 1. The summed E-state index contributed by atoms with van der Waals surface area (Å²) in [4.78, 5) is 2.19. The quantitative estimate of drug-likeness (QED) is 0.905. The van der Waals surface area contributed by atoms with Crippen molar-refractivity contribution in [3.8, 4) is 17.2 Å². The molecule has 1 aromatic rings. The minimum absolute atomic E-state index is 0.177. The van der Waals surface area contributed by atoms with E-state index in [1.54, 1.807) is 0 Å². The van der Waals surface area contributed by atoms with Gasteiger partial charge in [-0.2, -0.15) is 0 Å². The molecule has 0 spiro atoms. The Morgan fingerprint density at radius 1 is 1.27 bits per heavy atom. The summed E-state index contributed by atoms with van der Waals surface area (Å²) in [5.41, 5.74) is 0.998. The minimum atomic E-state index is -0.177. The molecule has 0 aliphatic carbocycles. The molecule has 3 rings (SSSR count). The van der Waals surface area contributed by atoms with E-state index in [4.69, 9.17) is 14.2 Å². The van der Waals surface area contributed by atoms with Gasteiger partial charge >= 0.3 is 0 Å². The summed E-state index contributed by atoms with van der Waals surface area (Å²) in [6, 6.07) is 4.37. The van der Waals surface area contributed by atoms with E-state index in [1.165, 1.54) is 5.56 Å². The third-order valence-electron chi connectivity index (χ3n) is 4.58. The Morgan fingerprint density at radius 2 is 2.09 bits per heavy atom. The monoisotopic (exact) mass is 306 g/mol. The molecule has 0 saturated heterocycles. The zero-order valence-electron chi connectivity index (χ0n) is 13.9. The maximum Gasteiger partial charge on any atom is 0.231 e. The zero-order chi connectivity index (χ0) is 15.7. The van der Waals surface area contributed by atoms with E-state index in [1.807, 2.05) is 6.07 Å². The summed E-state index contributed by atoms with van der Waals surface area (Å²) in [6.07, 6.45) is 1.92. The van der Waals surface area contributed by atoms with Crippen molar-refractivity contribution in [2.24, 2.45) is 0 Å². The fraction of sp³-hybridized carbons (Fsp3) is 0.647. The summed E-state index contributed by atoms with van der Waals surface area (Å²) < 4.78 is 17.4. The maximum atomic E-state index is 6.31. The molecule has 1 aromatic carbocycles. The van der Waals surface area contributed by atoms with Gasteiger partial charge in [-0.25, -0.2) is 0 Å². The summed E-state index contributed by atoms with van der Waals surface area (Å²) in [5.74, 6) is 2.40. The van der Waals surface area contributed by atoms with Gasteiger partial charge < -0.3 is 24.4 Å². The number of ether oxygens (including phenoxy) is 3. The molecule has 2 unspecified atom stereocenters. The van der Waals surface area contributed by atoms with Crippen LogP contribution in [0, 0.1) is 0 Å². The lowest BCUT2D eigenvalue weighted by Crippen LogP contribution is -2.42. The van der Waals surface area contributed by atoms with Gasteiger partial charge in [-0.1, -0.05) is 6.92 Å². The highest BCUT2D eigenvalue weighted by molar-refractivity contribution is 5.58. The first-order valence-corrected chi connectivity index (χ1v) is 8.02. The second-order valence-electron chi connectivity index (χ2n) is 6.64. The Balaban J connectivity index is 1.88. The second-order valence-corrected chi connectivity index (χ2v) is 6.64. The number of hydrogen-bond acceptors (Lipinski definition) is 5. The van der Waals surface area contributed by atoms with Gasteiger partial charge in [-0.05, 0) is 39.6 Å². The lowest BCUT2D eigenvalue weighted by atomic mass is 9.86. The van der Waals surface area contributed by atoms with E-state index in [9.17, 15) is 0 Å². The van der Waals surface area contributed by atoms with Crippen LogP contribution in [0.25, 0.3) is 0 Å². The predicted molar refractivity (Wildman–Crippen MR) is 85.8 cm³/mol. The highest BCUT2D eigenvalue weighted by atomic mass is 16.7. The predicted octanol–water partition coefficient (Wildman–Crippen LogP) is 2.56. The first-order chi connectivity index (χ1) is 10.5. The number of fused-ring (bicyclic) bond motifs is 3. The van der Waals surface area contributed by atoms with Crippen molar-refractivity contribution in [3.05, 3.63) is 17.7 Å². The molecular formula is C17H26N2O3. The molecule has 0 bridgehead atoms. The number of benzene rings is 1. The Bertz CT molecular complexity index is 547. The van der Waals surface area contributed by atoms with Gasteiger partial charge in [0.25, 0.3) is 0 Å². The van der Waals surface area contributed by atoms with Gasteiger partial charge in [-0.3, -0.25) is 0 Å². The Labute approximate surface area is 132 Å². The molecule has 0 radical (unpaired) electrons. The van der Waals surface area contributed by atoms with Crippen LogP contribution in [0.2, 0.25) is 0 Å². The molecule has 2 heterocycles. The lowest BCUT2D eigenvalue weighted by molar-refractivity contribution is 0.0401. The fourth-order valence-corrected chi connectivity index (χ4v) is 3.03. The molecule has 5 nitrogen and oxygen atoms in total. The maximum absolute atomic E-state index is 6.31. The molecular weight excluding hydrogens is 280 g/mol. The van der Waals surface area contributed by atoms with Crippen molar-refractivity contribution in [2.75, 3.05) is 34.0 Å². The van der Waals surface area contributed by atoms with Gasteiger partial charge in [0.05, 0.1) is 0 Å². The molecule has 5 heteroatoms. The smallest absolute Gasteiger partial charge is 0.231 e. The summed E-state index contributed by atoms with van der Waals surface area (Å²) in [7, 11) is 4.18. The number of nitrogens with zero attached hydrogens (tertiary/aromatic N) is 1. The van der Waals surface area contributed by atoms with Gasteiger partial charge in [0.15, 0.2) is 11.5 Å². The van der Waals surface area contributed by atoms with Crippen molar-refractivity contribution in [1.82, 2.24) is 10.2 Å². The number of rotatable bonds is 5. The number of hydrogen-bond donors (Lipinski definition) is 1. The molecule has 0 amide bonds. The Morgan fingerprint density at radius 3 is 2.82 bits per heavy atom. The standard InChI is InChI=1S/C17H26N2O3/c1-5-17(2)10-13(18-8-9-19(3)4)12-6-7-14-16(15(12)22-17)21-11-20-14/h6-7,13,18H,5,8-11H2,1-4H3. The van der Waals surface area contributed by atoms with Crippen LogP contribution in [0.1, 0.15) is 38.3 Å². The van der Waals surface area contributed by atoms with Crippen molar-refractivity contribution in [2.45, 2.75) is 38.3 Å². The van der Waals surface area contributed by atoms with Crippen LogP contribution in [0.3, 0.4) is 0 Å². The Kier molecular flexibility index (Phi) is 4.19. The molecule has 22 heavy (non-hydrogen) atoms. The Hall–Kier alpha value is -1.46. The van der Waals surface area contributed by atoms with Crippen molar-refractivity contribution in [3.63, 3.8) is 0 Å². The van der Waals surface area contributed by atoms with Gasteiger partial charge in [0.1, 0.15) is 5.60 Å². The van der Waals surface area contributed by atoms with Crippen LogP contribution in [0.4, 0.5) is 0 Å². The van der Waals surface area contributed by atoms with Crippen LogP contribution in [0.5, 0.6) is 17.2 Å². The molecule has 122 valence electrons. The molecule has 0 aromatic heterocycles. The van der Waals surface area contributed by atoms with Gasteiger partial charge in [-0.15, -0.1) is 0 Å². The minimum Gasteiger partial charge on any atom is -0.483 e. The summed E-state index contributed by atoms with van der Waals surface area (Å²) >= 11 is 0. The second kappa shape index (κ2) is 5.97. The first kappa shape index (κ1) is 15.4. The zero-order valence-corrected chi connectivity index (χ0v) is 13.9. The van der Waals surface area contributed by atoms with Crippen LogP contribution < -0.4 is 19.5 Å². The van der Waals surface area contributed by atoms with E-state index in [0.29, 0.717) is 0 Å². The van der Waals surface area contributed by atoms with E-state index in [2.05, 4.69) is 44.2 Å². The first-order valence-electron chi connectivity index (χ1n) is 8.02. The average molecular weight is 306 g/mol. The van der Waals surface area contributed by atoms with Crippen LogP contribution >= 0.6 is 0 Å². The molecule has 0 fully saturated rings. The van der Waals surface area contributed by atoms with Gasteiger partial charge in [0, 0.05) is 31.1 Å². The highest BCUT2D eigenvalue weighted by Crippen LogP contribution is 2.51. The van der Waals surface area contributed by atoms with E-state index in [-0.39, 0.29) is 18.4 Å². The molecule has 0 saturated carbocycles. The third-order valence-corrected chi connectivity index (χ3v) is 4.58. The number of likely N-dealkylation sites (N-methyl/N-ethyl adjacent to an activating group) is 1. The van der Waals surface area contributed by atoms with Crippen LogP contribution in [0.15, 0.2) is 12.1 Å². The average Bonchev–Trinajstić information content (AvgIpc) is 2.95. The largest absolute Gasteiger partial charge is 0.483 e. The molecule has 2 aliphatic rings. The molecule has 1 N–H and O–H groups in total. The van der Waals surface area contributed by atoms with Crippen molar-refractivity contribution < 1.29 is 14.2 Å². The topological polar surface area (TPSA) is 43.0 Å². The molecule has 2 aliphatic heterocycles. The van der Waals surface area contributed by atoms with Crippen LogP contribution in [-0.2, 0) is 0 Å². The van der Waals surface area contributed by atoms with E-state index in [0.717, 1.165) is 43.2 Å². The fourth-order valence-electron chi connectivity index (χ4n) is 3.03. The van der Waals surface area contributed by atoms with E-state index >= 15 is 0 Å². The van der Waals surface area contributed by atoms with Crippen molar-refractivity contribution in [1.29, 1.82) is 0 Å². The molecule has 2 atom stereocenters. The lowest BCUT2D eigenvalue weighted by Gasteiger charge is -2.40. The van der Waals surface area contributed by atoms with E-state index < -0.39 is 0 Å². The van der Waals surface area contributed by atoms with Crippen LogP contribution in [-0.4, -0.2) is 44.5 Å². The summed E-state index contributed by atoms with van der Waals surface area (Å²) in [5, 5.41) is 3.67. The van der Waals surface area contributed by atoms with Gasteiger partial charge in [0.2, 0.25) is 12.5 Å². The summed E-state index contributed by atoms with van der Waals surface area (Å²) in [6.45, 7) is 6.58. The normalized spacial score (nSPS) is 26.0. The highest BCUT2D eigenvalue weighted by Gasteiger charge is 2.39.